The lowest BCUT2D eigenvalue weighted by molar-refractivity contribution is 0.0914. The highest BCUT2D eigenvalue weighted by Gasteiger charge is 2.24. The van der Waals surface area contributed by atoms with Crippen molar-refractivity contribution in [3.05, 3.63) is 29.8 Å². The quantitative estimate of drug-likeness (QED) is 0.611. The minimum absolute atomic E-state index is 0.234. The van der Waals surface area contributed by atoms with Gasteiger partial charge in [0.05, 0.1) is 13.2 Å². The number of benzene rings is 1. The standard InChI is InChI=1S/C20H30N4O3/c1-3-26-20(25)24-12-10-23(11-13-24)19(21-2)22-14-17-6-4-5-7-18(17)27-15-16-8-9-16/h4-7,16H,3,8-15H2,1-2H3,(H,21,22). The molecule has 0 unspecified atom stereocenters. The van der Waals surface area contributed by atoms with Crippen molar-refractivity contribution in [1.29, 1.82) is 0 Å². The molecular weight excluding hydrogens is 344 g/mol. The van der Waals surface area contributed by atoms with Crippen LogP contribution in [0.4, 0.5) is 4.79 Å². The van der Waals surface area contributed by atoms with E-state index in [1.165, 1.54) is 12.8 Å². The van der Waals surface area contributed by atoms with Crippen LogP contribution in [0.1, 0.15) is 25.3 Å². The molecular formula is C20H30N4O3. The number of ether oxygens (including phenoxy) is 2. The number of hydrogen-bond acceptors (Lipinski definition) is 4. The highest BCUT2D eigenvalue weighted by atomic mass is 16.6. The van der Waals surface area contributed by atoms with E-state index in [0.717, 1.165) is 42.9 Å². The van der Waals surface area contributed by atoms with Crippen LogP contribution in [0.3, 0.4) is 0 Å². The fourth-order valence-corrected chi connectivity index (χ4v) is 3.10. The number of piperazine rings is 1. The second kappa shape index (κ2) is 9.48. The Morgan fingerprint density at radius 3 is 2.56 bits per heavy atom. The first-order valence-corrected chi connectivity index (χ1v) is 9.79. The van der Waals surface area contributed by atoms with E-state index >= 15 is 0 Å². The number of rotatable bonds is 6. The van der Waals surface area contributed by atoms with Gasteiger partial charge in [0.2, 0.25) is 0 Å². The SMILES string of the molecule is CCOC(=O)N1CCN(C(=NC)NCc2ccccc2OCC2CC2)CC1. The van der Waals surface area contributed by atoms with Crippen LogP contribution in [0.15, 0.2) is 29.3 Å². The van der Waals surface area contributed by atoms with Crippen molar-refractivity contribution in [3.8, 4) is 5.75 Å². The number of carbonyl (C=O) groups excluding carboxylic acids is 1. The minimum Gasteiger partial charge on any atom is -0.493 e. The smallest absolute Gasteiger partial charge is 0.409 e. The molecule has 7 nitrogen and oxygen atoms in total. The molecule has 1 aromatic carbocycles. The molecule has 2 aliphatic rings. The topological polar surface area (TPSA) is 66.4 Å². The van der Waals surface area contributed by atoms with E-state index in [0.29, 0.717) is 26.2 Å². The van der Waals surface area contributed by atoms with Gasteiger partial charge in [-0.3, -0.25) is 4.99 Å². The second-order valence-electron chi connectivity index (χ2n) is 6.94. The third-order valence-electron chi connectivity index (χ3n) is 4.90. The lowest BCUT2D eigenvalue weighted by Crippen LogP contribution is -2.53. The Kier molecular flexibility index (Phi) is 6.79. The Hall–Kier alpha value is -2.44. The first kappa shape index (κ1) is 19.3. The summed E-state index contributed by atoms with van der Waals surface area (Å²) in [5, 5.41) is 3.43. The van der Waals surface area contributed by atoms with Crippen molar-refractivity contribution in [3.63, 3.8) is 0 Å². The van der Waals surface area contributed by atoms with Crippen LogP contribution in [0.5, 0.6) is 5.75 Å². The zero-order chi connectivity index (χ0) is 19.1. The Morgan fingerprint density at radius 2 is 1.89 bits per heavy atom. The zero-order valence-corrected chi connectivity index (χ0v) is 16.3. The van der Waals surface area contributed by atoms with Gasteiger partial charge in [0, 0.05) is 45.3 Å². The fraction of sp³-hybridized carbons (Fsp3) is 0.600. The van der Waals surface area contributed by atoms with Crippen LogP contribution in [-0.2, 0) is 11.3 Å². The molecule has 3 rings (SSSR count). The number of nitrogens with zero attached hydrogens (tertiary/aromatic N) is 3. The predicted octanol–water partition coefficient (Wildman–Crippen LogP) is 2.32. The third kappa shape index (κ3) is 5.52. The summed E-state index contributed by atoms with van der Waals surface area (Å²) in [6, 6.07) is 8.15. The number of nitrogens with one attached hydrogen (secondary N) is 1. The van der Waals surface area contributed by atoms with Gasteiger partial charge in [0.1, 0.15) is 5.75 Å². The molecule has 0 spiro atoms. The lowest BCUT2D eigenvalue weighted by Gasteiger charge is -2.35. The van der Waals surface area contributed by atoms with Crippen molar-refractivity contribution in [1.82, 2.24) is 15.1 Å². The molecule has 1 aliphatic carbocycles. The minimum atomic E-state index is -0.234. The number of guanidine groups is 1. The van der Waals surface area contributed by atoms with Crippen molar-refractivity contribution in [2.24, 2.45) is 10.9 Å². The highest BCUT2D eigenvalue weighted by molar-refractivity contribution is 5.80. The molecule has 0 bridgehead atoms. The fourth-order valence-electron chi connectivity index (χ4n) is 3.10. The molecule has 1 N–H and O–H groups in total. The summed E-state index contributed by atoms with van der Waals surface area (Å²) in [6.45, 7) is 6.45. The van der Waals surface area contributed by atoms with Gasteiger partial charge in [-0.1, -0.05) is 18.2 Å². The molecule has 1 saturated heterocycles. The first-order valence-electron chi connectivity index (χ1n) is 9.79. The van der Waals surface area contributed by atoms with Gasteiger partial charge in [-0.2, -0.15) is 0 Å². The van der Waals surface area contributed by atoms with E-state index in [-0.39, 0.29) is 6.09 Å². The van der Waals surface area contributed by atoms with Crippen LogP contribution in [0.2, 0.25) is 0 Å². The molecule has 1 heterocycles. The number of hydrogen-bond donors (Lipinski definition) is 1. The van der Waals surface area contributed by atoms with Crippen molar-refractivity contribution >= 4 is 12.1 Å². The summed E-state index contributed by atoms with van der Waals surface area (Å²) < 4.78 is 11.1. The molecule has 1 aromatic rings. The maximum atomic E-state index is 11.8. The molecule has 0 aromatic heterocycles. The van der Waals surface area contributed by atoms with Crippen LogP contribution < -0.4 is 10.1 Å². The second-order valence-corrected chi connectivity index (χ2v) is 6.94. The van der Waals surface area contributed by atoms with Gasteiger partial charge in [-0.05, 0) is 31.7 Å². The maximum absolute atomic E-state index is 11.8. The van der Waals surface area contributed by atoms with Gasteiger partial charge < -0.3 is 24.6 Å². The zero-order valence-electron chi connectivity index (χ0n) is 16.3. The average Bonchev–Trinajstić information content (AvgIpc) is 3.53. The number of para-hydroxylation sites is 1. The monoisotopic (exact) mass is 374 g/mol. The Balaban J connectivity index is 1.50. The Labute approximate surface area is 161 Å². The molecule has 0 atom stereocenters. The molecule has 1 saturated carbocycles. The summed E-state index contributed by atoms with van der Waals surface area (Å²) in [5.74, 6) is 2.52. The molecule has 1 amide bonds. The number of aliphatic imine (C=N–C) groups is 1. The summed E-state index contributed by atoms with van der Waals surface area (Å²) in [6.07, 6.45) is 2.33. The summed E-state index contributed by atoms with van der Waals surface area (Å²) in [5.41, 5.74) is 1.13. The summed E-state index contributed by atoms with van der Waals surface area (Å²) in [4.78, 5) is 20.1. The summed E-state index contributed by atoms with van der Waals surface area (Å²) in [7, 11) is 1.79. The van der Waals surface area contributed by atoms with E-state index in [9.17, 15) is 4.79 Å². The van der Waals surface area contributed by atoms with Crippen LogP contribution in [0, 0.1) is 5.92 Å². The van der Waals surface area contributed by atoms with Gasteiger partial charge in [0.15, 0.2) is 5.96 Å². The first-order chi connectivity index (χ1) is 13.2. The lowest BCUT2D eigenvalue weighted by atomic mass is 10.2. The predicted molar refractivity (Wildman–Crippen MR) is 105 cm³/mol. The molecule has 1 aliphatic heterocycles. The van der Waals surface area contributed by atoms with Gasteiger partial charge in [-0.15, -0.1) is 0 Å². The highest BCUT2D eigenvalue weighted by Crippen LogP contribution is 2.30. The van der Waals surface area contributed by atoms with Crippen LogP contribution >= 0.6 is 0 Å². The largest absolute Gasteiger partial charge is 0.493 e. The van der Waals surface area contributed by atoms with Gasteiger partial charge >= 0.3 is 6.09 Å². The number of amides is 1. The normalized spacial score (nSPS) is 17.6. The molecule has 7 heteroatoms. The van der Waals surface area contributed by atoms with E-state index in [1.807, 2.05) is 25.1 Å². The van der Waals surface area contributed by atoms with Crippen molar-refractivity contribution < 1.29 is 14.3 Å². The molecule has 27 heavy (non-hydrogen) atoms. The molecule has 148 valence electrons. The number of carbonyl (C=O) groups is 1. The molecule has 0 radical (unpaired) electrons. The van der Waals surface area contributed by atoms with E-state index in [2.05, 4.69) is 21.3 Å². The van der Waals surface area contributed by atoms with Crippen molar-refractivity contribution in [2.45, 2.75) is 26.3 Å². The molecule has 2 fully saturated rings. The van der Waals surface area contributed by atoms with Gasteiger partial charge in [-0.25, -0.2) is 4.79 Å². The Morgan fingerprint density at radius 1 is 1.19 bits per heavy atom. The van der Waals surface area contributed by atoms with Gasteiger partial charge in [0.25, 0.3) is 0 Å². The van der Waals surface area contributed by atoms with Crippen LogP contribution in [-0.4, -0.2) is 68.3 Å². The summed E-state index contributed by atoms with van der Waals surface area (Å²) >= 11 is 0. The van der Waals surface area contributed by atoms with Crippen molar-refractivity contribution in [2.75, 3.05) is 46.4 Å². The van der Waals surface area contributed by atoms with Crippen LogP contribution in [0.25, 0.3) is 0 Å². The average molecular weight is 374 g/mol. The Bertz CT molecular complexity index is 652. The maximum Gasteiger partial charge on any atom is 0.409 e. The van der Waals surface area contributed by atoms with E-state index in [4.69, 9.17) is 9.47 Å². The van der Waals surface area contributed by atoms with E-state index < -0.39 is 0 Å². The third-order valence-corrected chi connectivity index (χ3v) is 4.90. The van der Waals surface area contributed by atoms with E-state index in [1.54, 1.807) is 11.9 Å².